The number of nitrogens with zero attached hydrogens (tertiary/aromatic N) is 2. The zero-order valence-corrected chi connectivity index (χ0v) is 12.6. The van der Waals surface area contributed by atoms with E-state index in [2.05, 4.69) is 15.7 Å². The molecule has 1 aromatic heterocycles. The monoisotopic (exact) mass is 272 g/mol. The van der Waals surface area contributed by atoms with Crippen LogP contribution in [0.15, 0.2) is 18.7 Å². The highest BCUT2D eigenvalue weighted by Crippen LogP contribution is 2.61. The lowest BCUT2D eigenvalue weighted by Crippen LogP contribution is -2.45. The molecule has 4 saturated carbocycles. The van der Waals surface area contributed by atoms with Crippen molar-refractivity contribution in [2.75, 3.05) is 0 Å². The highest BCUT2D eigenvalue weighted by molar-refractivity contribution is 5.01. The molecule has 1 heterocycles. The molecule has 4 aliphatic rings. The predicted octanol–water partition coefficient (Wildman–Crippen LogP) is 4.66. The molecule has 2 nitrogen and oxygen atoms in total. The first-order chi connectivity index (χ1) is 9.81. The lowest BCUT2D eigenvalue weighted by Gasteiger charge is -2.57. The van der Waals surface area contributed by atoms with Gasteiger partial charge in [0.15, 0.2) is 0 Å². The fraction of sp³-hybridized carbons (Fsp3) is 0.833. The van der Waals surface area contributed by atoms with E-state index in [-0.39, 0.29) is 0 Å². The Labute approximate surface area is 123 Å². The molecule has 0 aliphatic heterocycles. The minimum absolute atomic E-state index is 0.795. The summed E-state index contributed by atoms with van der Waals surface area (Å²) in [5.74, 6) is 3.35. The minimum atomic E-state index is 0.795. The van der Waals surface area contributed by atoms with Crippen LogP contribution in [0.25, 0.3) is 0 Å². The standard InChI is InChI=1S/C18H28N2/c1(3-6-20-7-5-19-14-20)2-4-18-11-15-8-16(12-18)10-17(9-15)13-18/h5,7,14-17H,1-4,6,8-13H2. The summed E-state index contributed by atoms with van der Waals surface area (Å²) in [6, 6.07) is 0. The van der Waals surface area contributed by atoms with Crippen LogP contribution in [0, 0.1) is 23.2 Å². The van der Waals surface area contributed by atoms with E-state index in [0.29, 0.717) is 0 Å². The molecule has 0 saturated heterocycles. The van der Waals surface area contributed by atoms with E-state index in [0.717, 1.165) is 29.7 Å². The number of hydrogen-bond donors (Lipinski definition) is 0. The van der Waals surface area contributed by atoms with Gasteiger partial charge in [0, 0.05) is 18.9 Å². The second kappa shape index (κ2) is 5.20. The lowest BCUT2D eigenvalue weighted by molar-refractivity contribution is -0.0583. The Morgan fingerprint density at radius 1 is 0.950 bits per heavy atom. The van der Waals surface area contributed by atoms with Crippen molar-refractivity contribution in [3.63, 3.8) is 0 Å². The molecule has 4 aliphatic carbocycles. The van der Waals surface area contributed by atoms with Crippen LogP contribution in [0.4, 0.5) is 0 Å². The Bertz CT molecular complexity index is 399. The third-order valence-corrected chi connectivity index (χ3v) is 6.35. The number of aryl methyl sites for hydroxylation is 1. The van der Waals surface area contributed by atoms with E-state index in [9.17, 15) is 0 Å². The second-order valence-electron chi connectivity index (χ2n) is 8.03. The van der Waals surface area contributed by atoms with Gasteiger partial charge in [0.05, 0.1) is 6.33 Å². The molecule has 0 atom stereocenters. The Morgan fingerprint density at radius 2 is 1.65 bits per heavy atom. The minimum Gasteiger partial charge on any atom is -0.337 e. The van der Waals surface area contributed by atoms with Crippen LogP contribution in [0.5, 0.6) is 0 Å². The normalized spacial score (nSPS) is 38.5. The van der Waals surface area contributed by atoms with E-state index in [1.54, 1.807) is 38.5 Å². The summed E-state index contributed by atoms with van der Waals surface area (Å²) in [5.41, 5.74) is 0.795. The summed E-state index contributed by atoms with van der Waals surface area (Å²) in [6.07, 6.45) is 21.1. The van der Waals surface area contributed by atoms with Crippen molar-refractivity contribution in [3.8, 4) is 0 Å². The molecule has 2 heteroatoms. The van der Waals surface area contributed by atoms with Crippen LogP contribution in [0.1, 0.15) is 64.2 Å². The molecule has 4 bridgehead atoms. The van der Waals surface area contributed by atoms with Gasteiger partial charge in [-0.1, -0.05) is 12.8 Å². The number of imidazole rings is 1. The van der Waals surface area contributed by atoms with Gasteiger partial charge in [-0.15, -0.1) is 0 Å². The SMILES string of the molecule is c1cn(CCCCCC23CC4CC(CC(C4)C2)C3)cn1. The molecule has 0 N–H and O–H groups in total. The third-order valence-electron chi connectivity index (χ3n) is 6.35. The van der Waals surface area contributed by atoms with Gasteiger partial charge in [-0.3, -0.25) is 0 Å². The van der Waals surface area contributed by atoms with Gasteiger partial charge in [0.2, 0.25) is 0 Å². The molecule has 1 aromatic rings. The van der Waals surface area contributed by atoms with Crippen molar-refractivity contribution in [2.24, 2.45) is 23.2 Å². The van der Waals surface area contributed by atoms with Gasteiger partial charge in [0.1, 0.15) is 0 Å². The van der Waals surface area contributed by atoms with Gasteiger partial charge in [-0.05, 0) is 74.5 Å². The van der Waals surface area contributed by atoms with E-state index in [1.165, 1.54) is 25.7 Å². The number of hydrogen-bond acceptors (Lipinski definition) is 1. The average molecular weight is 272 g/mol. The molecule has 110 valence electrons. The van der Waals surface area contributed by atoms with Crippen LogP contribution < -0.4 is 0 Å². The fourth-order valence-corrected chi connectivity index (χ4v) is 5.99. The Balaban J connectivity index is 1.23. The first-order valence-corrected chi connectivity index (χ1v) is 8.77. The summed E-state index contributed by atoms with van der Waals surface area (Å²) >= 11 is 0. The van der Waals surface area contributed by atoms with Gasteiger partial charge in [-0.25, -0.2) is 4.98 Å². The van der Waals surface area contributed by atoms with E-state index in [4.69, 9.17) is 0 Å². The maximum absolute atomic E-state index is 4.11. The molecule has 0 unspecified atom stereocenters. The molecule has 5 rings (SSSR count). The topological polar surface area (TPSA) is 17.8 Å². The van der Waals surface area contributed by atoms with Crippen molar-refractivity contribution in [2.45, 2.75) is 70.8 Å². The lowest BCUT2D eigenvalue weighted by atomic mass is 9.48. The number of unbranched alkanes of at least 4 members (excludes halogenated alkanes) is 2. The largest absolute Gasteiger partial charge is 0.337 e. The Morgan fingerprint density at radius 3 is 2.25 bits per heavy atom. The third kappa shape index (κ3) is 2.54. The maximum Gasteiger partial charge on any atom is 0.0945 e. The van der Waals surface area contributed by atoms with Crippen molar-refractivity contribution in [1.29, 1.82) is 0 Å². The van der Waals surface area contributed by atoms with Crippen LogP contribution in [-0.4, -0.2) is 9.55 Å². The molecule has 4 fully saturated rings. The second-order valence-corrected chi connectivity index (χ2v) is 8.03. The van der Waals surface area contributed by atoms with Crippen LogP contribution >= 0.6 is 0 Å². The quantitative estimate of drug-likeness (QED) is 0.689. The number of rotatable bonds is 6. The van der Waals surface area contributed by atoms with Gasteiger partial charge >= 0.3 is 0 Å². The summed E-state index contributed by atoms with van der Waals surface area (Å²) < 4.78 is 2.21. The zero-order chi connectivity index (χ0) is 13.4. The van der Waals surface area contributed by atoms with Crippen LogP contribution in [0.2, 0.25) is 0 Å². The highest BCUT2D eigenvalue weighted by atomic mass is 15.0. The van der Waals surface area contributed by atoms with E-state index >= 15 is 0 Å². The summed E-state index contributed by atoms with van der Waals surface area (Å²) in [6.45, 7) is 1.15. The van der Waals surface area contributed by atoms with Gasteiger partial charge < -0.3 is 4.57 Å². The Hall–Kier alpha value is -0.790. The molecule has 20 heavy (non-hydrogen) atoms. The molecule has 0 radical (unpaired) electrons. The fourth-order valence-electron chi connectivity index (χ4n) is 5.99. The van der Waals surface area contributed by atoms with Crippen molar-refractivity contribution in [1.82, 2.24) is 9.55 Å². The summed E-state index contributed by atoms with van der Waals surface area (Å²) in [4.78, 5) is 4.11. The summed E-state index contributed by atoms with van der Waals surface area (Å²) in [5, 5.41) is 0. The molecular weight excluding hydrogens is 244 g/mol. The molecule has 0 spiro atoms. The number of aromatic nitrogens is 2. The van der Waals surface area contributed by atoms with Gasteiger partial charge in [0.25, 0.3) is 0 Å². The first kappa shape index (κ1) is 12.9. The van der Waals surface area contributed by atoms with Crippen molar-refractivity contribution < 1.29 is 0 Å². The predicted molar refractivity (Wildman–Crippen MR) is 81.3 cm³/mol. The van der Waals surface area contributed by atoms with Gasteiger partial charge in [-0.2, -0.15) is 0 Å². The van der Waals surface area contributed by atoms with Crippen molar-refractivity contribution >= 4 is 0 Å². The van der Waals surface area contributed by atoms with Crippen LogP contribution in [0.3, 0.4) is 0 Å². The molecule has 0 amide bonds. The van der Waals surface area contributed by atoms with E-state index < -0.39 is 0 Å². The maximum atomic E-state index is 4.11. The average Bonchev–Trinajstić information content (AvgIpc) is 2.89. The van der Waals surface area contributed by atoms with Crippen LogP contribution in [-0.2, 0) is 6.54 Å². The first-order valence-electron chi connectivity index (χ1n) is 8.77. The zero-order valence-electron chi connectivity index (χ0n) is 12.6. The molecular formula is C18H28N2. The molecule has 0 aromatic carbocycles. The van der Waals surface area contributed by atoms with E-state index in [1.807, 2.05) is 12.5 Å². The highest BCUT2D eigenvalue weighted by Gasteiger charge is 2.50. The Kier molecular flexibility index (Phi) is 3.36. The smallest absolute Gasteiger partial charge is 0.0945 e. The summed E-state index contributed by atoms with van der Waals surface area (Å²) in [7, 11) is 0. The van der Waals surface area contributed by atoms with Crippen molar-refractivity contribution in [3.05, 3.63) is 18.7 Å².